The highest BCUT2D eigenvalue weighted by Crippen LogP contribution is 2.22. The van der Waals surface area contributed by atoms with Gasteiger partial charge >= 0.3 is 11.9 Å². The number of rotatable bonds is 35. The molecule has 1 heterocycles. The molecule has 1 rings (SSSR count). The molecule has 53 heavy (non-hydrogen) atoms. The number of hydrogen-bond donors (Lipinski definition) is 4. The number of carbonyl (C=O) groups is 2. The Morgan fingerprint density at radius 3 is 1.62 bits per heavy atom. The van der Waals surface area contributed by atoms with Gasteiger partial charge in [0, 0.05) is 12.8 Å². The van der Waals surface area contributed by atoms with Gasteiger partial charge in [0.1, 0.15) is 31.0 Å². The van der Waals surface area contributed by atoms with Gasteiger partial charge < -0.3 is 39.4 Å². The smallest absolute Gasteiger partial charge is 0.306 e. The second-order valence-electron chi connectivity index (χ2n) is 14.8. The van der Waals surface area contributed by atoms with Crippen LogP contribution in [0.5, 0.6) is 0 Å². The first kappa shape index (κ1) is 49.2. The third kappa shape index (κ3) is 26.6. The Hall–Kier alpha value is -1.82. The van der Waals surface area contributed by atoms with E-state index in [-0.39, 0.29) is 32.0 Å². The summed E-state index contributed by atoms with van der Waals surface area (Å²) in [5.74, 6) is -0.856. The predicted molar refractivity (Wildman–Crippen MR) is 210 cm³/mol. The Kier molecular flexibility index (Phi) is 32.2. The molecule has 1 aliphatic heterocycles. The largest absolute Gasteiger partial charge is 0.462 e. The van der Waals surface area contributed by atoms with Gasteiger partial charge in [-0.3, -0.25) is 9.59 Å². The van der Waals surface area contributed by atoms with E-state index >= 15 is 0 Å². The molecule has 0 spiro atoms. The lowest BCUT2D eigenvalue weighted by Crippen LogP contribution is -2.59. The third-order valence-electron chi connectivity index (χ3n) is 9.84. The fourth-order valence-electron chi connectivity index (χ4n) is 6.40. The van der Waals surface area contributed by atoms with E-state index in [0.29, 0.717) is 6.42 Å². The molecule has 4 N–H and O–H groups in total. The van der Waals surface area contributed by atoms with Gasteiger partial charge in [-0.1, -0.05) is 154 Å². The average molecular weight is 755 g/mol. The molecule has 2 unspecified atom stereocenters. The van der Waals surface area contributed by atoms with E-state index in [1.807, 2.05) is 0 Å². The molecule has 0 aromatic heterocycles. The lowest BCUT2D eigenvalue weighted by atomic mass is 9.99. The molecular weight excluding hydrogens is 676 g/mol. The number of carbonyl (C=O) groups excluding carboxylic acids is 2. The van der Waals surface area contributed by atoms with Gasteiger partial charge in [-0.05, 0) is 38.5 Å². The minimum Gasteiger partial charge on any atom is -0.462 e. The SMILES string of the molecule is CCCCCCCCCCC/C=C/C/C=C/CCCC(=O)O[C@H](COC(=O)CCCCCCCCCCCCC)CO[C@@H]1O[C@H](CO)[C@H](O)C(O)C1O. The summed E-state index contributed by atoms with van der Waals surface area (Å²) < 4.78 is 22.0. The lowest BCUT2D eigenvalue weighted by molar-refractivity contribution is -0.305. The van der Waals surface area contributed by atoms with Crippen LogP contribution in [0.25, 0.3) is 0 Å². The number of hydrogen-bond acceptors (Lipinski definition) is 10. The minimum atomic E-state index is -1.60. The molecule has 1 aliphatic rings. The Balaban J connectivity index is 2.38. The summed E-state index contributed by atoms with van der Waals surface area (Å²) in [7, 11) is 0. The van der Waals surface area contributed by atoms with Crippen molar-refractivity contribution in [1.29, 1.82) is 0 Å². The number of aliphatic hydroxyl groups excluding tert-OH is 4. The van der Waals surface area contributed by atoms with Crippen molar-refractivity contribution in [3.05, 3.63) is 24.3 Å². The van der Waals surface area contributed by atoms with E-state index in [4.69, 9.17) is 18.9 Å². The van der Waals surface area contributed by atoms with Crippen LogP contribution in [0.4, 0.5) is 0 Å². The summed E-state index contributed by atoms with van der Waals surface area (Å²) in [6.45, 7) is 3.37. The van der Waals surface area contributed by atoms with E-state index in [9.17, 15) is 30.0 Å². The molecule has 10 heteroatoms. The van der Waals surface area contributed by atoms with Crippen LogP contribution in [0, 0.1) is 0 Å². The lowest BCUT2D eigenvalue weighted by Gasteiger charge is -2.39. The summed E-state index contributed by atoms with van der Waals surface area (Å²) in [6, 6.07) is 0. The molecule has 10 nitrogen and oxygen atoms in total. The highest BCUT2D eigenvalue weighted by atomic mass is 16.7. The molecule has 6 atom stereocenters. The number of allylic oxidation sites excluding steroid dienone is 4. The monoisotopic (exact) mass is 755 g/mol. The highest BCUT2D eigenvalue weighted by molar-refractivity contribution is 5.70. The fraction of sp³-hybridized carbons (Fsp3) is 0.860. The van der Waals surface area contributed by atoms with Crippen LogP contribution in [-0.4, -0.2) is 89.0 Å². The zero-order valence-electron chi connectivity index (χ0n) is 33.5. The molecule has 0 amide bonds. The molecule has 0 saturated carbocycles. The van der Waals surface area contributed by atoms with E-state index in [2.05, 4.69) is 38.2 Å². The summed E-state index contributed by atoms with van der Waals surface area (Å²) in [5.41, 5.74) is 0. The van der Waals surface area contributed by atoms with E-state index < -0.39 is 49.4 Å². The van der Waals surface area contributed by atoms with Gasteiger partial charge in [0.15, 0.2) is 12.4 Å². The van der Waals surface area contributed by atoms with Crippen molar-refractivity contribution in [2.45, 2.75) is 218 Å². The van der Waals surface area contributed by atoms with Crippen LogP contribution in [0.2, 0.25) is 0 Å². The minimum absolute atomic E-state index is 0.169. The van der Waals surface area contributed by atoms with Crippen LogP contribution in [-0.2, 0) is 28.5 Å². The predicted octanol–water partition coefficient (Wildman–Crippen LogP) is 8.55. The van der Waals surface area contributed by atoms with E-state index in [1.54, 1.807) is 0 Å². The molecule has 310 valence electrons. The Morgan fingerprint density at radius 1 is 0.585 bits per heavy atom. The molecule has 0 aromatic rings. The first-order valence-electron chi connectivity index (χ1n) is 21.4. The molecule has 0 aromatic carbocycles. The van der Waals surface area contributed by atoms with Crippen molar-refractivity contribution in [2.24, 2.45) is 0 Å². The van der Waals surface area contributed by atoms with Gasteiger partial charge in [-0.15, -0.1) is 0 Å². The molecule has 0 aliphatic carbocycles. The Labute approximate surface area is 322 Å². The second-order valence-corrected chi connectivity index (χ2v) is 14.8. The van der Waals surface area contributed by atoms with Crippen molar-refractivity contribution in [3.8, 4) is 0 Å². The maximum absolute atomic E-state index is 12.7. The van der Waals surface area contributed by atoms with Crippen molar-refractivity contribution in [1.82, 2.24) is 0 Å². The average Bonchev–Trinajstić information content (AvgIpc) is 3.15. The Bertz CT molecular complexity index is 923. The third-order valence-corrected chi connectivity index (χ3v) is 9.84. The molecule has 1 saturated heterocycles. The normalized spacial score (nSPS) is 21.1. The molecule has 0 bridgehead atoms. The molecular formula is C43H78O10. The van der Waals surface area contributed by atoms with Crippen molar-refractivity contribution in [3.63, 3.8) is 0 Å². The van der Waals surface area contributed by atoms with E-state index in [0.717, 1.165) is 38.5 Å². The zero-order valence-corrected chi connectivity index (χ0v) is 33.5. The maximum atomic E-state index is 12.7. The van der Waals surface area contributed by atoms with Crippen molar-refractivity contribution >= 4 is 11.9 Å². The van der Waals surface area contributed by atoms with Gasteiger partial charge in [0.25, 0.3) is 0 Å². The number of esters is 2. The highest BCUT2D eigenvalue weighted by Gasteiger charge is 2.44. The van der Waals surface area contributed by atoms with Gasteiger partial charge in [-0.2, -0.15) is 0 Å². The van der Waals surface area contributed by atoms with Gasteiger partial charge in [-0.25, -0.2) is 0 Å². The first-order valence-corrected chi connectivity index (χ1v) is 21.4. The second kappa shape index (κ2) is 34.7. The summed E-state index contributed by atoms with van der Waals surface area (Å²) in [6.07, 6.45) is 29.1. The fourth-order valence-corrected chi connectivity index (χ4v) is 6.40. The standard InChI is InChI=1S/C43H78O10/c1-3-5-7-9-11-13-15-16-17-18-19-20-22-24-26-28-30-32-39(46)52-36(35-51-43-42(49)41(48)40(47)37(33-44)53-43)34-50-38(45)31-29-27-25-23-21-14-12-10-8-6-4-2/h19-20,24,26,36-37,40-44,47-49H,3-18,21-23,25,27-35H2,1-2H3/b20-19+,26-24+/t36-,37-,40+,41?,42?,43-/m1/s1. The quantitative estimate of drug-likeness (QED) is 0.0281. The first-order chi connectivity index (χ1) is 25.8. The summed E-state index contributed by atoms with van der Waals surface area (Å²) in [4.78, 5) is 25.2. The zero-order chi connectivity index (χ0) is 38.8. The topological polar surface area (TPSA) is 152 Å². The number of aliphatic hydroxyl groups is 4. The maximum Gasteiger partial charge on any atom is 0.306 e. The van der Waals surface area contributed by atoms with Crippen LogP contribution >= 0.6 is 0 Å². The van der Waals surface area contributed by atoms with Crippen LogP contribution in [0.1, 0.15) is 181 Å². The number of unbranched alkanes of at least 4 members (excludes halogenated alkanes) is 20. The van der Waals surface area contributed by atoms with Crippen LogP contribution in [0.3, 0.4) is 0 Å². The molecule has 0 radical (unpaired) electrons. The summed E-state index contributed by atoms with van der Waals surface area (Å²) >= 11 is 0. The number of ether oxygens (including phenoxy) is 4. The van der Waals surface area contributed by atoms with Crippen molar-refractivity contribution < 1.29 is 49.0 Å². The van der Waals surface area contributed by atoms with E-state index in [1.165, 1.54) is 109 Å². The summed E-state index contributed by atoms with van der Waals surface area (Å²) in [5, 5.41) is 40.0. The van der Waals surface area contributed by atoms with Gasteiger partial charge in [0.2, 0.25) is 0 Å². The van der Waals surface area contributed by atoms with Crippen LogP contribution < -0.4 is 0 Å². The molecule has 1 fully saturated rings. The van der Waals surface area contributed by atoms with Gasteiger partial charge in [0.05, 0.1) is 13.2 Å². The van der Waals surface area contributed by atoms with Crippen molar-refractivity contribution in [2.75, 3.05) is 19.8 Å². The van der Waals surface area contributed by atoms with Crippen LogP contribution in [0.15, 0.2) is 24.3 Å². The Morgan fingerprint density at radius 2 is 1.08 bits per heavy atom.